The number of nitrogens with two attached hydrogens (primary N) is 1. The van der Waals surface area contributed by atoms with Gasteiger partial charge >= 0.3 is 6.09 Å². The molecule has 41 heavy (non-hydrogen) atoms. The monoisotopic (exact) mass is 556 g/mol. The molecule has 1 aliphatic heterocycles. The number of nitrogen functional groups attached to an aromatic ring is 1. The minimum atomic E-state index is -2.64. The number of hydrogen-bond acceptors (Lipinski definition) is 7. The number of imidazole rings is 1. The second-order valence-electron chi connectivity index (χ2n) is 9.63. The lowest BCUT2D eigenvalue weighted by molar-refractivity contribution is 0.0498. The number of nitrogens with one attached hydrogen (secondary N) is 1. The molecule has 9 nitrogen and oxygen atoms in total. The first kappa shape index (κ1) is 21.0. The lowest BCUT2D eigenvalue weighted by Gasteiger charge is -2.31. The number of carbonyl (C=O) groups excluding carboxylic acids is 1. The van der Waals surface area contributed by atoms with Crippen molar-refractivity contribution in [3.8, 4) is 28.3 Å². The van der Waals surface area contributed by atoms with Crippen molar-refractivity contribution in [1.29, 1.82) is 0 Å². The minimum Gasteiger partial charge on any atom is -0.446 e. The van der Waals surface area contributed by atoms with Gasteiger partial charge in [0, 0.05) is 50.9 Å². The van der Waals surface area contributed by atoms with Crippen LogP contribution in [0.15, 0.2) is 79.0 Å². The summed E-state index contributed by atoms with van der Waals surface area (Å²) in [6, 6.07) is 20.3. The Kier molecular flexibility index (Phi) is 5.81. The van der Waals surface area contributed by atoms with Gasteiger partial charge in [0.1, 0.15) is 23.3 Å². The van der Waals surface area contributed by atoms with Crippen molar-refractivity contribution in [2.45, 2.75) is 25.4 Å². The molecule has 4 heterocycles. The summed E-state index contributed by atoms with van der Waals surface area (Å²) in [5.74, 6) is 0.444. The first-order valence-electron chi connectivity index (χ1n) is 15.6. The molecule has 0 atom stereocenters. The van der Waals surface area contributed by atoms with E-state index in [1.807, 2.05) is 28.1 Å². The number of aromatic nitrogens is 4. The smallest absolute Gasteiger partial charge is 0.407 e. The fourth-order valence-corrected chi connectivity index (χ4v) is 4.90. The highest BCUT2D eigenvalue weighted by Crippen LogP contribution is 2.32. The number of halogens is 1. The SMILES string of the molecule is [2H]C([2H])([2H])NC(=O)OC1CCN(C([2H])([2H])c2ccc(-n3c(-c4cccnc4N)nc4ccc(-c5ccc(F)cc5)nc43)cc2)CC1. The zero-order valence-electron chi connectivity index (χ0n) is 26.9. The Morgan fingerprint density at radius 1 is 1.10 bits per heavy atom. The first-order valence-corrected chi connectivity index (χ1v) is 13.1. The standard InChI is InChI=1S/C31H30FN7O2/c1-34-31(40)41-24-14-17-38(18-15-24)19-20-4-10-23(11-5-20)39-29(25-3-2-16-35-28(25)33)37-27-13-12-26(36-30(27)39)21-6-8-22(32)9-7-21/h2-13,16,24H,14-15,17-19H2,1H3,(H2,33,35)(H,34,40)/i1D3,19D2. The van der Waals surface area contributed by atoms with Crippen LogP contribution in [-0.2, 0) is 11.2 Å². The van der Waals surface area contributed by atoms with Gasteiger partial charge in [-0.3, -0.25) is 9.47 Å². The van der Waals surface area contributed by atoms with Gasteiger partial charge in [-0.25, -0.2) is 24.1 Å². The Morgan fingerprint density at radius 2 is 1.88 bits per heavy atom. The van der Waals surface area contributed by atoms with E-state index < -0.39 is 25.7 Å². The predicted molar refractivity (Wildman–Crippen MR) is 156 cm³/mol. The van der Waals surface area contributed by atoms with Gasteiger partial charge in [-0.1, -0.05) is 12.1 Å². The number of benzene rings is 2. The van der Waals surface area contributed by atoms with Gasteiger partial charge in [0.25, 0.3) is 0 Å². The fraction of sp³-hybridized carbons (Fsp3) is 0.226. The molecule has 10 heteroatoms. The zero-order valence-corrected chi connectivity index (χ0v) is 21.9. The van der Waals surface area contributed by atoms with Gasteiger partial charge < -0.3 is 15.8 Å². The van der Waals surface area contributed by atoms with E-state index in [1.165, 1.54) is 12.1 Å². The number of likely N-dealkylation sites (tertiary alicyclic amines) is 1. The molecule has 6 rings (SSSR count). The van der Waals surface area contributed by atoms with Crippen LogP contribution >= 0.6 is 0 Å². The molecular formula is C31H30FN7O2. The number of alkyl carbamates (subject to hydrolysis) is 1. The van der Waals surface area contributed by atoms with Crippen LogP contribution in [0.5, 0.6) is 0 Å². The number of pyridine rings is 2. The summed E-state index contributed by atoms with van der Waals surface area (Å²) in [6.45, 7) is -3.89. The summed E-state index contributed by atoms with van der Waals surface area (Å²) in [7, 11) is 0. The van der Waals surface area contributed by atoms with Crippen molar-refractivity contribution >= 4 is 23.1 Å². The van der Waals surface area contributed by atoms with Crippen LogP contribution in [0, 0.1) is 5.82 Å². The van der Waals surface area contributed by atoms with Crippen LogP contribution in [0.3, 0.4) is 0 Å². The van der Waals surface area contributed by atoms with Gasteiger partial charge in [-0.2, -0.15) is 0 Å². The summed E-state index contributed by atoms with van der Waals surface area (Å²) < 4.78 is 59.9. The van der Waals surface area contributed by atoms with E-state index in [-0.39, 0.29) is 11.6 Å². The average molecular weight is 557 g/mol. The lowest BCUT2D eigenvalue weighted by Crippen LogP contribution is -2.38. The summed E-state index contributed by atoms with van der Waals surface area (Å²) in [5.41, 5.74) is 10.4. The molecule has 0 aliphatic carbocycles. The molecule has 3 N–H and O–H groups in total. The molecule has 2 aromatic carbocycles. The molecule has 0 radical (unpaired) electrons. The van der Waals surface area contributed by atoms with Crippen molar-refractivity contribution in [2.75, 3.05) is 25.8 Å². The summed E-state index contributed by atoms with van der Waals surface area (Å²) in [5, 5.41) is 1.81. The molecule has 0 spiro atoms. The molecule has 3 aromatic heterocycles. The van der Waals surface area contributed by atoms with Crippen LogP contribution < -0.4 is 11.1 Å². The van der Waals surface area contributed by atoms with Crippen LogP contribution in [-0.4, -0.2) is 56.7 Å². The summed E-state index contributed by atoms with van der Waals surface area (Å²) in [6.07, 6.45) is 0.762. The van der Waals surface area contributed by atoms with Gasteiger partial charge in [-0.05, 0) is 79.1 Å². The van der Waals surface area contributed by atoms with Gasteiger partial charge in [0.05, 0.1) is 11.3 Å². The summed E-state index contributed by atoms with van der Waals surface area (Å²) in [4.78, 5) is 27.5. The quantitative estimate of drug-likeness (QED) is 0.296. The van der Waals surface area contributed by atoms with E-state index in [1.54, 1.807) is 53.6 Å². The number of anilines is 1. The number of carbonyl (C=O) groups is 1. The predicted octanol–water partition coefficient (Wildman–Crippen LogP) is 5.19. The average Bonchev–Trinajstić information content (AvgIpc) is 3.39. The van der Waals surface area contributed by atoms with Crippen molar-refractivity contribution in [3.63, 3.8) is 0 Å². The topological polar surface area (TPSA) is 111 Å². The molecule has 0 bridgehead atoms. The molecule has 1 amide bonds. The highest BCUT2D eigenvalue weighted by molar-refractivity contribution is 5.84. The third kappa shape index (κ3) is 5.59. The maximum Gasteiger partial charge on any atom is 0.407 e. The van der Waals surface area contributed by atoms with E-state index >= 15 is 0 Å². The number of hydrogen-bond donors (Lipinski definition) is 2. The largest absolute Gasteiger partial charge is 0.446 e. The molecule has 208 valence electrons. The molecule has 1 aliphatic rings. The first-order chi connectivity index (χ1) is 21.9. The Balaban J connectivity index is 1.30. The molecule has 5 aromatic rings. The van der Waals surface area contributed by atoms with Gasteiger partial charge in [0.15, 0.2) is 11.5 Å². The van der Waals surface area contributed by atoms with Crippen LogP contribution in [0.1, 0.15) is 25.3 Å². The fourth-order valence-electron chi connectivity index (χ4n) is 4.90. The van der Waals surface area contributed by atoms with Gasteiger partial charge in [-0.15, -0.1) is 0 Å². The number of rotatable bonds is 6. The van der Waals surface area contributed by atoms with Crippen molar-refractivity contribution < 1.29 is 20.8 Å². The normalized spacial score (nSPS) is 16.8. The van der Waals surface area contributed by atoms with Crippen LogP contribution in [0.4, 0.5) is 15.0 Å². The van der Waals surface area contributed by atoms with E-state index in [0.29, 0.717) is 65.4 Å². The van der Waals surface area contributed by atoms with E-state index in [0.717, 1.165) is 5.56 Å². The number of piperidine rings is 1. The Labute approximate surface area is 243 Å². The van der Waals surface area contributed by atoms with E-state index in [4.69, 9.17) is 27.3 Å². The number of ether oxygens (including phenoxy) is 1. The minimum absolute atomic E-state index is 0.286. The third-order valence-corrected chi connectivity index (χ3v) is 6.95. The van der Waals surface area contributed by atoms with Crippen molar-refractivity contribution in [3.05, 3.63) is 90.4 Å². The number of fused-ring (bicyclic) bond motifs is 1. The van der Waals surface area contributed by atoms with Crippen molar-refractivity contribution in [1.82, 2.24) is 29.7 Å². The molecule has 0 unspecified atom stereocenters. The van der Waals surface area contributed by atoms with E-state index in [9.17, 15) is 9.18 Å². The van der Waals surface area contributed by atoms with Crippen molar-refractivity contribution in [2.24, 2.45) is 0 Å². The highest BCUT2D eigenvalue weighted by Gasteiger charge is 2.23. The van der Waals surface area contributed by atoms with E-state index in [2.05, 4.69) is 4.98 Å². The Hall–Kier alpha value is -4.83. The molecule has 1 fully saturated rings. The molecule has 0 saturated carbocycles. The highest BCUT2D eigenvalue weighted by atomic mass is 19.1. The molecular weight excluding hydrogens is 521 g/mol. The summed E-state index contributed by atoms with van der Waals surface area (Å²) >= 11 is 0. The number of amides is 1. The molecule has 1 saturated heterocycles. The second-order valence-corrected chi connectivity index (χ2v) is 9.63. The third-order valence-electron chi connectivity index (χ3n) is 6.95. The lowest BCUT2D eigenvalue weighted by atomic mass is 10.1. The number of nitrogens with zero attached hydrogens (tertiary/aromatic N) is 5. The Morgan fingerprint density at radius 3 is 2.61 bits per heavy atom. The maximum atomic E-state index is 13.6. The van der Waals surface area contributed by atoms with Gasteiger partial charge in [0.2, 0.25) is 0 Å². The zero-order chi connectivity index (χ0) is 32.6. The van der Waals surface area contributed by atoms with Crippen LogP contribution in [0.25, 0.3) is 39.5 Å². The second kappa shape index (κ2) is 11.3. The van der Waals surface area contributed by atoms with Crippen LogP contribution in [0.2, 0.25) is 0 Å². The Bertz CT molecular complexity index is 1870. The maximum absolute atomic E-state index is 13.6.